The first kappa shape index (κ1) is 24.3. The topological polar surface area (TPSA) is 62.4 Å². The number of amides is 1. The lowest BCUT2D eigenvalue weighted by Crippen LogP contribution is -2.45. The van der Waals surface area contributed by atoms with Crippen LogP contribution in [0.25, 0.3) is 0 Å². The molecule has 5 nitrogen and oxygen atoms in total. The minimum atomic E-state index is -4.60. The molecule has 3 N–H and O–H groups in total. The van der Waals surface area contributed by atoms with E-state index in [9.17, 15) is 18.0 Å². The molecule has 3 aromatic carbocycles. The van der Waals surface area contributed by atoms with Crippen LogP contribution in [-0.2, 0) is 17.6 Å². The van der Waals surface area contributed by atoms with E-state index in [1.54, 1.807) is 31.2 Å². The zero-order valence-corrected chi connectivity index (χ0v) is 19.5. The smallest absolute Gasteiger partial charge is 0.418 e. The molecule has 0 bridgehead atoms. The Morgan fingerprint density at radius 2 is 1.66 bits per heavy atom. The maximum atomic E-state index is 13.4. The van der Waals surface area contributed by atoms with E-state index in [0.717, 1.165) is 11.6 Å². The molecule has 180 valence electrons. The van der Waals surface area contributed by atoms with Gasteiger partial charge in [0.15, 0.2) is 5.11 Å². The maximum Gasteiger partial charge on any atom is 0.418 e. The monoisotopic (exact) mass is 497 g/mol. The summed E-state index contributed by atoms with van der Waals surface area (Å²) in [5, 5.41) is 8.65. The van der Waals surface area contributed by atoms with Crippen LogP contribution in [0.3, 0.4) is 0 Å². The fourth-order valence-electron chi connectivity index (χ4n) is 3.77. The molecule has 1 aliphatic rings. The molecule has 0 fully saturated rings. The number of hydrogen-bond donors (Lipinski definition) is 3. The average Bonchev–Trinajstić information content (AvgIpc) is 2.83. The molecule has 0 saturated carbocycles. The van der Waals surface area contributed by atoms with Crippen molar-refractivity contribution in [2.45, 2.75) is 25.7 Å². The van der Waals surface area contributed by atoms with Crippen LogP contribution in [0.15, 0.2) is 90.1 Å². The number of hydrogen-bond acceptors (Lipinski definition) is 3. The number of rotatable bonds is 6. The van der Waals surface area contributed by atoms with Gasteiger partial charge in [0.25, 0.3) is 5.91 Å². The van der Waals surface area contributed by atoms with Gasteiger partial charge in [-0.25, -0.2) is 0 Å². The van der Waals surface area contributed by atoms with Crippen LogP contribution >= 0.6 is 12.2 Å². The van der Waals surface area contributed by atoms with E-state index in [0.29, 0.717) is 28.7 Å². The van der Waals surface area contributed by atoms with Gasteiger partial charge in [-0.15, -0.1) is 0 Å². The van der Waals surface area contributed by atoms with Gasteiger partial charge in [-0.3, -0.25) is 4.79 Å². The number of para-hydroxylation sites is 1. The van der Waals surface area contributed by atoms with Gasteiger partial charge in [-0.1, -0.05) is 54.6 Å². The highest BCUT2D eigenvalue weighted by Gasteiger charge is 2.35. The van der Waals surface area contributed by atoms with Crippen molar-refractivity contribution in [2.24, 2.45) is 0 Å². The standard InChI is InChI=1S/C26H22F3N3O2S/c1-16-22(24(33)31-21-10-6-5-9-20(21)26(27,28)29)23(32-25(35)30-16)18-11-13-19(14-12-18)34-15-17-7-3-2-4-8-17/h2-14,23H,15H2,1H3,(H,31,33)(H2,30,32,35)/t23-/m0/s1. The van der Waals surface area contributed by atoms with Gasteiger partial charge in [0, 0.05) is 5.70 Å². The fraction of sp³-hybridized carbons (Fsp3) is 0.154. The number of thiocarbonyl (C=S) groups is 1. The first-order valence-electron chi connectivity index (χ1n) is 10.7. The highest BCUT2D eigenvalue weighted by Crippen LogP contribution is 2.36. The third-order valence-corrected chi connectivity index (χ3v) is 5.68. The summed E-state index contributed by atoms with van der Waals surface area (Å²) < 4.78 is 46.0. The molecule has 0 radical (unpaired) electrons. The Kier molecular flexibility index (Phi) is 7.07. The highest BCUT2D eigenvalue weighted by molar-refractivity contribution is 7.80. The van der Waals surface area contributed by atoms with E-state index in [-0.39, 0.29) is 11.3 Å². The molecule has 1 atom stereocenters. The zero-order chi connectivity index (χ0) is 25.0. The number of allylic oxidation sites excluding steroid dienone is 1. The summed E-state index contributed by atoms with van der Waals surface area (Å²) in [4.78, 5) is 13.2. The number of benzene rings is 3. The summed E-state index contributed by atoms with van der Waals surface area (Å²) in [6.45, 7) is 2.06. The van der Waals surface area contributed by atoms with Gasteiger partial charge in [-0.2, -0.15) is 13.2 Å². The first-order valence-corrected chi connectivity index (χ1v) is 11.2. The van der Waals surface area contributed by atoms with E-state index in [1.807, 2.05) is 30.3 Å². The predicted molar refractivity (Wildman–Crippen MR) is 132 cm³/mol. The predicted octanol–water partition coefficient (Wildman–Crippen LogP) is 5.72. The maximum absolute atomic E-state index is 13.4. The number of ether oxygens (including phenoxy) is 1. The van der Waals surface area contributed by atoms with E-state index in [1.165, 1.54) is 18.2 Å². The molecule has 9 heteroatoms. The molecule has 0 aromatic heterocycles. The van der Waals surface area contributed by atoms with E-state index >= 15 is 0 Å². The quantitative estimate of drug-likeness (QED) is 0.381. The molecular weight excluding hydrogens is 475 g/mol. The van der Waals surface area contributed by atoms with Gasteiger partial charge in [-0.05, 0) is 54.5 Å². The minimum Gasteiger partial charge on any atom is -0.489 e. The second kappa shape index (κ2) is 10.2. The van der Waals surface area contributed by atoms with Gasteiger partial charge in [0.1, 0.15) is 12.4 Å². The SMILES string of the molecule is CC1=C(C(=O)Nc2ccccc2C(F)(F)F)[C@H](c2ccc(OCc3ccccc3)cc2)NC(=S)N1. The minimum absolute atomic E-state index is 0.230. The summed E-state index contributed by atoms with van der Waals surface area (Å²) in [6.07, 6.45) is -4.60. The van der Waals surface area contributed by atoms with Crippen molar-refractivity contribution in [3.63, 3.8) is 0 Å². The average molecular weight is 498 g/mol. The molecule has 1 heterocycles. The van der Waals surface area contributed by atoms with E-state index in [2.05, 4.69) is 16.0 Å². The number of halogens is 3. The van der Waals surface area contributed by atoms with E-state index < -0.39 is 23.7 Å². The number of carbonyl (C=O) groups excluding carboxylic acids is 1. The Bertz CT molecular complexity index is 1260. The molecule has 1 aliphatic heterocycles. The van der Waals surface area contributed by atoms with Gasteiger partial charge in [0.05, 0.1) is 22.9 Å². The first-order chi connectivity index (χ1) is 16.7. The van der Waals surface area contributed by atoms with Crippen LogP contribution in [0.1, 0.15) is 29.7 Å². The Labute approximate surface area is 206 Å². The second-order valence-corrected chi connectivity index (χ2v) is 8.32. The highest BCUT2D eigenvalue weighted by atomic mass is 32.1. The number of alkyl halides is 3. The lowest BCUT2D eigenvalue weighted by atomic mass is 9.94. The summed E-state index contributed by atoms with van der Waals surface area (Å²) >= 11 is 5.26. The van der Waals surface area contributed by atoms with Gasteiger partial charge < -0.3 is 20.7 Å². The Morgan fingerprint density at radius 1 is 1.00 bits per heavy atom. The molecular formula is C26H22F3N3O2S. The largest absolute Gasteiger partial charge is 0.489 e. The molecule has 1 amide bonds. The number of carbonyl (C=O) groups is 1. The van der Waals surface area contributed by atoms with Crippen molar-refractivity contribution in [1.82, 2.24) is 10.6 Å². The van der Waals surface area contributed by atoms with Crippen LogP contribution < -0.4 is 20.7 Å². The summed E-state index contributed by atoms with van der Waals surface area (Å²) in [5.74, 6) is -0.0315. The van der Waals surface area contributed by atoms with E-state index in [4.69, 9.17) is 17.0 Å². The van der Waals surface area contributed by atoms with Crippen molar-refractivity contribution in [3.8, 4) is 5.75 Å². The second-order valence-electron chi connectivity index (χ2n) is 7.91. The van der Waals surface area contributed by atoms with Crippen LogP contribution in [0.4, 0.5) is 18.9 Å². The number of nitrogens with one attached hydrogen (secondary N) is 3. The normalized spacial score (nSPS) is 15.8. The van der Waals surface area contributed by atoms with Crippen molar-refractivity contribution in [2.75, 3.05) is 5.32 Å². The Balaban J connectivity index is 1.56. The van der Waals surface area contributed by atoms with Gasteiger partial charge in [0.2, 0.25) is 0 Å². The molecule has 0 unspecified atom stereocenters. The van der Waals surface area contributed by atoms with Crippen molar-refractivity contribution < 1.29 is 22.7 Å². The molecule has 0 spiro atoms. The van der Waals surface area contributed by atoms with Crippen molar-refractivity contribution in [1.29, 1.82) is 0 Å². The fourth-order valence-corrected chi connectivity index (χ4v) is 4.04. The lowest BCUT2D eigenvalue weighted by Gasteiger charge is -2.30. The van der Waals surface area contributed by atoms with Crippen LogP contribution in [0.5, 0.6) is 5.75 Å². The van der Waals surface area contributed by atoms with Crippen LogP contribution in [0.2, 0.25) is 0 Å². The molecule has 4 rings (SSSR count). The van der Waals surface area contributed by atoms with Crippen LogP contribution in [-0.4, -0.2) is 11.0 Å². The Hall–Kier alpha value is -3.85. The third-order valence-electron chi connectivity index (χ3n) is 5.46. The van der Waals surface area contributed by atoms with Crippen molar-refractivity contribution in [3.05, 3.63) is 107 Å². The molecule has 0 saturated heterocycles. The zero-order valence-electron chi connectivity index (χ0n) is 18.6. The lowest BCUT2D eigenvalue weighted by molar-refractivity contribution is -0.137. The summed E-state index contributed by atoms with van der Waals surface area (Å²) in [7, 11) is 0. The summed E-state index contributed by atoms with van der Waals surface area (Å²) in [6, 6.07) is 21.0. The van der Waals surface area contributed by atoms with Crippen LogP contribution in [0, 0.1) is 0 Å². The molecule has 3 aromatic rings. The summed E-state index contributed by atoms with van der Waals surface area (Å²) in [5.41, 5.74) is 1.17. The Morgan fingerprint density at radius 3 is 2.34 bits per heavy atom. The molecule has 0 aliphatic carbocycles. The third kappa shape index (κ3) is 5.81. The number of anilines is 1. The molecule has 35 heavy (non-hydrogen) atoms. The van der Waals surface area contributed by atoms with Crippen molar-refractivity contribution >= 4 is 28.9 Å². The van der Waals surface area contributed by atoms with Gasteiger partial charge >= 0.3 is 6.18 Å².